The van der Waals surface area contributed by atoms with E-state index in [1.807, 2.05) is 47.2 Å². The minimum absolute atomic E-state index is 0.0941. The Morgan fingerprint density at radius 2 is 0.653 bits per heavy atom. The van der Waals surface area contributed by atoms with Gasteiger partial charge in [-0.2, -0.15) is 0 Å². The molecule has 0 fully saturated rings. The van der Waals surface area contributed by atoms with Gasteiger partial charge in [0.05, 0.1) is 49.9 Å². The average Bonchev–Trinajstić information content (AvgIpc) is 1.57. The molecule has 12 aromatic carbocycles. The van der Waals surface area contributed by atoms with Crippen LogP contribution in [0, 0.1) is 6.33 Å². The van der Waals surface area contributed by atoms with E-state index < -0.39 is 6.98 Å². The molecule has 4 aromatic heterocycles. The van der Waals surface area contributed by atoms with Crippen LogP contribution in [0.1, 0.15) is 241 Å². The van der Waals surface area contributed by atoms with Crippen LogP contribution in [0.25, 0.3) is 139 Å². The molecule has 16 rings (SSSR count). The van der Waals surface area contributed by atoms with Crippen molar-refractivity contribution in [2.24, 2.45) is 6.98 Å². The number of benzene rings is 12. The van der Waals surface area contributed by atoms with E-state index in [0.29, 0.717) is 28.2 Å². The second-order valence-corrected chi connectivity index (χ2v) is 43.7. The number of ether oxygens (including phenoxy) is 1. The topological polar surface area (TPSA) is 40.8 Å². The maximum atomic E-state index is 9.24. The Morgan fingerprint density at radius 1 is 0.281 bits per heavy atom. The third kappa shape index (κ3) is 16.0. The predicted octanol–water partition coefficient (Wildman–Crippen LogP) is 31.3. The van der Waals surface area contributed by atoms with Gasteiger partial charge in [-0.3, -0.25) is 4.57 Å². The Bertz CT molecular complexity index is 6350. The van der Waals surface area contributed by atoms with E-state index in [2.05, 4.69) is 409 Å². The number of imidazole rings is 1. The van der Waals surface area contributed by atoms with Crippen LogP contribution in [-0.2, 0) is 55.7 Å². The lowest BCUT2D eigenvalue weighted by atomic mass is 9.76. The summed E-state index contributed by atoms with van der Waals surface area (Å²) in [7, 11) is 0. The standard InChI is InChI=1S/C115H125N5O/c1-107(2,3)77-50-51-116-104(66-77)120-98-41-30-29-36-94(98)97-48-45-89(69-102(97)120)121-88-35-31-34-86(67-88)118-70-117(28)99-49-44-87(68-103(99)118)119-100-60-71(105-90(73-52-78(108(4,5)6)62-79(53-73)109(7,8)9)37-32-38-91(105)74-54-80(110(10,11)12)63-81(55-74)111(13,14)15)42-46-95(100)96-47-43-72(61-101(96)119)106-92(75-56-82(112(16,17)18)64-83(57-75)113(19,20)21)39-33-40-93(106)76-58-84(114(22,23)24)65-85(59-76)115(25,26)27/h29-69H,1-28H3/i28D3. The fourth-order valence-electron chi connectivity index (χ4n) is 17.4. The first kappa shape index (κ1) is 79.4. The minimum atomic E-state index is -2.61. The van der Waals surface area contributed by atoms with E-state index >= 15 is 0 Å². The molecule has 16 aromatic rings. The van der Waals surface area contributed by atoms with Gasteiger partial charge in [0, 0.05) is 39.5 Å². The first-order valence-corrected chi connectivity index (χ1v) is 43.5. The summed E-state index contributed by atoms with van der Waals surface area (Å²) >= 11 is 0. The normalized spacial score (nSPS) is 13.6. The highest BCUT2D eigenvalue weighted by molar-refractivity contribution is 6.13. The largest absolute Gasteiger partial charge is 0.458 e. The molecule has 0 aliphatic carbocycles. The Morgan fingerprint density at radius 3 is 1.06 bits per heavy atom. The van der Waals surface area contributed by atoms with Crippen molar-refractivity contribution in [2.45, 2.75) is 236 Å². The molecule has 0 radical (unpaired) electrons. The third-order valence-electron chi connectivity index (χ3n) is 25.1. The number of aryl methyl sites for hydroxylation is 1. The third-order valence-corrected chi connectivity index (χ3v) is 25.1. The molecule has 0 saturated heterocycles. The summed E-state index contributed by atoms with van der Waals surface area (Å²) in [4.78, 5) is 4.98. The van der Waals surface area contributed by atoms with Crippen LogP contribution >= 0.6 is 0 Å². The number of aromatic nitrogens is 5. The van der Waals surface area contributed by atoms with Crippen LogP contribution in [0.2, 0.25) is 0 Å². The Balaban J connectivity index is 0.986. The van der Waals surface area contributed by atoms with Crippen molar-refractivity contribution in [3.63, 3.8) is 0 Å². The summed E-state index contributed by atoms with van der Waals surface area (Å²) in [6.45, 7) is 60.0. The van der Waals surface area contributed by atoms with Crippen molar-refractivity contribution in [1.29, 1.82) is 0 Å². The summed E-state index contributed by atoms with van der Waals surface area (Å²) < 4.78 is 42.6. The molecule has 0 bridgehead atoms. The van der Waals surface area contributed by atoms with Crippen LogP contribution in [0.3, 0.4) is 0 Å². The maximum Gasteiger partial charge on any atom is 0.244 e. The van der Waals surface area contributed by atoms with Gasteiger partial charge in [-0.25, -0.2) is 4.98 Å². The van der Waals surface area contributed by atoms with Gasteiger partial charge in [0.15, 0.2) is 0 Å². The van der Waals surface area contributed by atoms with Crippen LogP contribution in [0.5, 0.6) is 11.5 Å². The highest BCUT2D eigenvalue weighted by atomic mass is 16.5. The second-order valence-electron chi connectivity index (χ2n) is 43.7. The van der Waals surface area contributed by atoms with Gasteiger partial charge < -0.3 is 18.4 Å². The molecule has 0 saturated carbocycles. The smallest absolute Gasteiger partial charge is 0.244 e. The molecule has 0 aliphatic rings. The number of para-hydroxylation sites is 1. The van der Waals surface area contributed by atoms with Gasteiger partial charge in [0.2, 0.25) is 6.33 Å². The zero-order chi connectivity index (χ0) is 89.2. The quantitative estimate of drug-likeness (QED) is 0.0956. The van der Waals surface area contributed by atoms with Crippen LogP contribution in [0.15, 0.2) is 249 Å². The number of hydrogen-bond donors (Lipinski definition) is 0. The SMILES string of the molecule is [2H]C([2H])([2H])[n+]1[c-]n(-c2cccc(Oc3ccc4c5ccccc5n(-c5cc(C(C)(C)C)ccn5)c4c3)c2)c2cc(-n3c4cc(-c5c(-c6cc(C(C)(C)C)cc(C(C)(C)C)c6)cccc5-c5cc(C(C)(C)C)cc(C(C)(C)C)c5)ccc4c4ccc(-c5c(-c6cc(C(C)(C)C)cc(C(C)(C)C)c6)cccc5-c5cc(C(C)(C)C)cc(C(C)(C)C)c5)cc43)ccc21. The molecule has 0 spiro atoms. The van der Waals surface area contributed by atoms with E-state index in [1.165, 1.54) is 76.9 Å². The predicted molar refractivity (Wildman–Crippen MR) is 517 cm³/mol. The fraction of sp³-hybridized carbons (Fsp3) is 0.322. The number of nitrogens with zero attached hydrogens (tertiary/aromatic N) is 5. The van der Waals surface area contributed by atoms with Crippen LogP contribution in [0.4, 0.5) is 0 Å². The lowest BCUT2D eigenvalue weighted by Crippen LogP contribution is -2.26. The van der Waals surface area contributed by atoms with Crippen LogP contribution in [-0.4, -0.2) is 18.7 Å². The average molecular weight is 1600 g/mol. The molecule has 0 unspecified atom stereocenters. The van der Waals surface area contributed by atoms with Crippen molar-refractivity contribution >= 4 is 54.6 Å². The van der Waals surface area contributed by atoms with Crippen molar-refractivity contribution in [3.05, 3.63) is 305 Å². The minimum Gasteiger partial charge on any atom is -0.458 e. The Labute approximate surface area is 725 Å². The summed E-state index contributed by atoms with van der Waals surface area (Å²) in [6, 6.07) is 90.7. The second kappa shape index (κ2) is 29.5. The first-order chi connectivity index (χ1) is 57.7. The Hall–Kier alpha value is -11.3. The molecule has 0 atom stereocenters. The molecular formula is C115H125N5O. The van der Waals surface area contributed by atoms with Crippen molar-refractivity contribution < 1.29 is 13.4 Å². The first-order valence-electron chi connectivity index (χ1n) is 45.0. The van der Waals surface area contributed by atoms with Gasteiger partial charge in [-0.1, -0.05) is 357 Å². The van der Waals surface area contributed by atoms with Crippen molar-refractivity contribution in [3.8, 4) is 95.5 Å². The molecule has 6 nitrogen and oxygen atoms in total. The maximum absolute atomic E-state index is 9.24. The zero-order valence-electron chi connectivity index (χ0n) is 79.8. The summed E-state index contributed by atoms with van der Waals surface area (Å²) in [5, 5.41) is 4.35. The van der Waals surface area contributed by atoms with Crippen molar-refractivity contribution in [1.82, 2.24) is 18.7 Å². The van der Waals surface area contributed by atoms with Gasteiger partial charge in [-0.05, 0) is 232 Å². The van der Waals surface area contributed by atoms with E-state index in [1.54, 1.807) is 0 Å². The summed E-state index contributed by atoms with van der Waals surface area (Å²) in [5.74, 6) is 2.04. The molecule has 0 amide bonds. The number of fused-ring (bicyclic) bond motifs is 7. The lowest BCUT2D eigenvalue weighted by Gasteiger charge is -2.28. The molecule has 0 N–H and O–H groups in total. The Kier molecular flexibility index (Phi) is 19.4. The van der Waals surface area contributed by atoms with Gasteiger partial charge in [0.25, 0.3) is 0 Å². The lowest BCUT2D eigenvalue weighted by molar-refractivity contribution is -0.649. The monoisotopic (exact) mass is 1600 g/mol. The molecular weight excluding hydrogens is 1470 g/mol. The van der Waals surface area contributed by atoms with E-state index in [9.17, 15) is 4.11 Å². The van der Waals surface area contributed by atoms with Gasteiger partial charge in [-0.15, -0.1) is 0 Å². The van der Waals surface area contributed by atoms with E-state index in [0.717, 1.165) is 99.6 Å². The molecule has 121 heavy (non-hydrogen) atoms. The number of hydrogen-bond acceptors (Lipinski definition) is 2. The fourth-order valence-corrected chi connectivity index (χ4v) is 17.4. The van der Waals surface area contributed by atoms with E-state index in [4.69, 9.17) is 9.72 Å². The van der Waals surface area contributed by atoms with Gasteiger partial charge >= 0.3 is 0 Å². The number of pyridine rings is 1. The highest BCUT2D eigenvalue weighted by Crippen LogP contribution is 2.51. The highest BCUT2D eigenvalue weighted by Gasteiger charge is 2.31. The molecule has 616 valence electrons. The van der Waals surface area contributed by atoms with Crippen molar-refractivity contribution in [2.75, 3.05) is 0 Å². The summed E-state index contributed by atoms with van der Waals surface area (Å²) in [5.41, 5.74) is 30.5. The molecule has 6 heteroatoms. The molecule has 0 aliphatic heterocycles. The van der Waals surface area contributed by atoms with Gasteiger partial charge in [0.1, 0.15) is 17.3 Å². The van der Waals surface area contributed by atoms with Crippen LogP contribution < -0.4 is 9.30 Å². The summed E-state index contributed by atoms with van der Waals surface area (Å²) in [6.07, 6.45) is 5.32. The van der Waals surface area contributed by atoms with E-state index in [-0.39, 0.29) is 48.7 Å². The zero-order valence-corrected chi connectivity index (χ0v) is 76.8. The number of rotatable bonds is 11. The molecule has 4 heterocycles.